The predicted octanol–water partition coefficient (Wildman–Crippen LogP) is 4.28. The van der Waals surface area contributed by atoms with Gasteiger partial charge in [-0.15, -0.1) is 0 Å². The Labute approximate surface area is 197 Å². The second-order valence-corrected chi connectivity index (χ2v) is 9.73. The van der Waals surface area contributed by atoms with Gasteiger partial charge < -0.3 is 19.8 Å². The molecule has 1 amide bonds. The number of carbonyl (C=O) groups is 1. The molecule has 3 heterocycles. The monoisotopic (exact) mass is 449 g/mol. The SMILES string of the molecule is [2H]CN[C@@H](C)C(=O)N1CCC(c2ccc3[nH]c(-c4cc(C)c(=O)n(C)c4)c(C(C)C)c3c2)CC1. The molecule has 33 heavy (non-hydrogen) atoms. The van der Waals surface area contributed by atoms with E-state index < -0.39 is 0 Å². The van der Waals surface area contributed by atoms with Crippen LogP contribution in [-0.4, -0.2) is 46.5 Å². The number of nitrogens with one attached hydrogen (secondary N) is 2. The van der Waals surface area contributed by atoms with Gasteiger partial charge >= 0.3 is 0 Å². The number of hydrogen-bond donors (Lipinski definition) is 2. The summed E-state index contributed by atoms with van der Waals surface area (Å²) >= 11 is 0. The van der Waals surface area contributed by atoms with Gasteiger partial charge in [0.1, 0.15) is 0 Å². The van der Waals surface area contributed by atoms with Crippen molar-refractivity contribution in [2.24, 2.45) is 7.05 Å². The van der Waals surface area contributed by atoms with E-state index in [1.807, 2.05) is 31.0 Å². The lowest BCUT2D eigenvalue weighted by atomic mass is 9.87. The molecular formula is C27H36N4O2. The van der Waals surface area contributed by atoms with E-state index in [9.17, 15) is 9.59 Å². The van der Waals surface area contributed by atoms with Crippen molar-refractivity contribution in [3.8, 4) is 11.3 Å². The quantitative estimate of drug-likeness (QED) is 0.611. The summed E-state index contributed by atoms with van der Waals surface area (Å²) in [6, 6.07) is 8.38. The number of hydrogen-bond acceptors (Lipinski definition) is 3. The molecule has 0 aliphatic carbocycles. The summed E-state index contributed by atoms with van der Waals surface area (Å²) in [5.41, 5.74) is 6.58. The first-order chi connectivity index (χ1) is 16.2. The molecule has 176 valence electrons. The van der Waals surface area contributed by atoms with Crippen molar-refractivity contribution in [2.45, 2.75) is 58.4 Å². The van der Waals surface area contributed by atoms with Crippen LogP contribution in [0.25, 0.3) is 22.2 Å². The summed E-state index contributed by atoms with van der Waals surface area (Å²) in [6.07, 6.45) is 3.80. The fourth-order valence-corrected chi connectivity index (χ4v) is 5.12. The first kappa shape index (κ1) is 22.0. The van der Waals surface area contributed by atoms with Gasteiger partial charge in [0.25, 0.3) is 5.56 Å². The summed E-state index contributed by atoms with van der Waals surface area (Å²) in [7, 11) is 1.86. The van der Waals surface area contributed by atoms with Gasteiger partial charge in [-0.2, -0.15) is 0 Å². The van der Waals surface area contributed by atoms with Crippen LogP contribution in [-0.2, 0) is 11.8 Å². The third-order valence-electron chi connectivity index (χ3n) is 7.05. The molecule has 1 atom stereocenters. The number of amides is 1. The molecule has 2 aromatic heterocycles. The number of aromatic amines is 1. The Morgan fingerprint density at radius 1 is 1.21 bits per heavy atom. The number of nitrogens with zero attached hydrogens (tertiary/aromatic N) is 2. The highest BCUT2D eigenvalue weighted by atomic mass is 16.2. The second-order valence-electron chi connectivity index (χ2n) is 9.73. The maximum Gasteiger partial charge on any atom is 0.253 e. The number of H-pyrrole nitrogens is 1. The van der Waals surface area contributed by atoms with Crippen LogP contribution >= 0.6 is 0 Å². The Bertz CT molecular complexity index is 1230. The van der Waals surface area contributed by atoms with Crippen molar-refractivity contribution in [3.05, 3.63) is 57.5 Å². The Morgan fingerprint density at radius 2 is 1.94 bits per heavy atom. The minimum absolute atomic E-state index is 0.0305. The zero-order valence-corrected chi connectivity index (χ0v) is 20.4. The van der Waals surface area contributed by atoms with E-state index in [0.29, 0.717) is 11.8 Å². The number of carbonyl (C=O) groups excluding carboxylic acids is 1. The lowest BCUT2D eigenvalue weighted by molar-refractivity contribution is -0.133. The first-order valence-corrected chi connectivity index (χ1v) is 11.9. The van der Waals surface area contributed by atoms with Crippen LogP contribution in [0.3, 0.4) is 0 Å². The summed E-state index contributed by atoms with van der Waals surface area (Å²) < 4.78 is 8.94. The van der Waals surface area contributed by atoms with Crippen LogP contribution in [0.15, 0.2) is 35.3 Å². The van der Waals surface area contributed by atoms with E-state index >= 15 is 0 Å². The average molecular weight is 450 g/mol. The Balaban J connectivity index is 1.63. The molecule has 6 heteroatoms. The van der Waals surface area contributed by atoms with Gasteiger partial charge in [-0.25, -0.2) is 0 Å². The Morgan fingerprint density at radius 3 is 2.58 bits per heavy atom. The van der Waals surface area contributed by atoms with Crippen molar-refractivity contribution in [3.63, 3.8) is 0 Å². The molecule has 1 fully saturated rings. The number of aromatic nitrogens is 2. The highest BCUT2D eigenvalue weighted by Gasteiger charge is 2.27. The highest BCUT2D eigenvalue weighted by molar-refractivity contribution is 5.92. The number of likely N-dealkylation sites (tertiary alicyclic amines) is 1. The third-order valence-corrected chi connectivity index (χ3v) is 7.05. The van der Waals surface area contributed by atoms with Crippen LogP contribution < -0.4 is 10.9 Å². The zero-order chi connectivity index (χ0) is 24.6. The van der Waals surface area contributed by atoms with Gasteiger partial charge in [0.05, 0.1) is 11.7 Å². The predicted molar refractivity (Wildman–Crippen MR) is 135 cm³/mol. The van der Waals surface area contributed by atoms with Crippen molar-refractivity contribution in [2.75, 3.05) is 20.1 Å². The van der Waals surface area contributed by atoms with E-state index in [2.05, 4.69) is 42.3 Å². The van der Waals surface area contributed by atoms with Gasteiger partial charge in [0.2, 0.25) is 5.91 Å². The Kier molecular flexibility index (Phi) is 6.11. The number of benzene rings is 1. The van der Waals surface area contributed by atoms with E-state index in [-0.39, 0.29) is 24.5 Å². The first-order valence-electron chi connectivity index (χ1n) is 12.6. The molecule has 0 radical (unpaired) electrons. The summed E-state index contributed by atoms with van der Waals surface area (Å²) in [5, 5.41) is 4.14. The van der Waals surface area contributed by atoms with Gasteiger partial charge in [-0.05, 0) is 74.9 Å². The molecule has 1 aromatic carbocycles. The zero-order valence-electron chi connectivity index (χ0n) is 21.4. The molecule has 0 spiro atoms. The lowest BCUT2D eigenvalue weighted by Gasteiger charge is -2.33. The molecule has 1 saturated heterocycles. The van der Waals surface area contributed by atoms with Crippen LogP contribution in [0.5, 0.6) is 0 Å². The fraction of sp³-hybridized carbons (Fsp3) is 0.481. The molecule has 6 nitrogen and oxygen atoms in total. The van der Waals surface area contributed by atoms with E-state index in [0.717, 1.165) is 48.3 Å². The highest BCUT2D eigenvalue weighted by Crippen LogP contribution is 2.38. The van der Waals surface area contributed by atoms with Crippen molar-refractivity contribution < 1.29 is 6.17 Å². The van der Waals surface area contributed by atoms with Gasteiger partial charge in [-0.3, -0.25) is 9.59 Å². The second kappa shape index (κ2) is 9.18. The van der Waals surface area contributed by atoms with E-state index in [1.165, 1.54) is 16.5 Å². The Hall–Kier alpha value is -2.86. The molecule has 0 bridgehead atoms. The van der Waals surface area contributed by atoms with E-state index in [4.69, 9.17) is 1.37 Å². The topological polar surface area (TPSA) is 70.1 Å². The lowest BCUT2D eigenvalue weighted by Crippen LogP contribution is -2.46. The number of fused-ring (bicyclic) bond motifs is 1. The van der Waals surface area contributed by atoms with E-state index in [1.54, 1.807) is 11.6 Å². The number of piperidine rings is 1. The average Bonchev–Trinajstić information content (AvgIpc) is 3.21. The van der Waals surface area contributed by atoms with Gasteiger partial charge in [0.15, 0.2) is 0 Å². The number of rotatable bonds is 5. The standard InChI is InChI=1S/C27H36N4O2/c1-16(2)24-22-14-20(19-9-11-31(12-10-19)27(33)18(4)28-5)7-8-23(22)29-25(24)21-13-17(3)26(32)30(6)15-21/h7-8,13-16,18-19,28-29H,9-12H2,1-6H3/t18-/m0/s1/i5D. The number of aryl methyl sites for hydroxylation is 2. The molecule has 4 rings (SSSR count). The minimum atomic E-state index is -0.307. The van der Waals surface area contributed by atoms with Crippen LogP contribution in [0.2, 0.25) is 0 Å². The molecule has 0 unspecified atom stereocenters. The van der Waals surface area contributed by atoms with Crippen LogP contribution in [0, 0.1) is 6.92 Å². The van der Waals surface area contributed by atoms with Crippen LogP contribution in [0.4, 0.5) is 0 Å². The van der Waals surface area contributed by atoms with Crippen LogP contribution in [0.1, 0.15) is 63.5 Å². The smallest absolute Gasteiger partial charge is 0.253 e. The normalized spacial score (nSPS) is 16.4. The summed E-state index contributed by atoms with van der Waals surface area (Å²) in [5.74, 6) is 0.833. The van der Waals surface area contributed by atoms with Gasteiger partial charge in [0, 0.05) is 49.7 Å². The minimum Gasteiger partial charge on any atom is -0.354 e. The molecule has 2 N–H and O–H groups in total. The third kappa shape index (κ3) is 4.36. The molecule has 0 saturated carbocycles. The summed E-state index contributed by atoms with van der Waals surface area (Å²) in [4.78, 5) is 30.4. The number of likely N-dealkylation sites (N-methyl/N-ethyl adjacent to an activating group) is 1. The molecular weight excluding hydrogens is 412 g/mol. The maximum atomic E-state index is 12.6. The molecule has 1 aliphatic heterocycles. The molecule has 1 aliphatic rings. The summed E-state index contributed by atoms with van der Waals surface area (Å²) in [6.45, 7) is 9.62. The number of pyridine rings is 1. The van der Waals surface area contributed by atoms with Gasteiger partial charge in [-0.1, -0.05) is 19.9 Å². The fourth-order valence-electron chi connectivity index (χ4n) is 5.12. The van der Waals surface area contributed by atoms with Crippen molar-refractivity contribution in [1.29, 1.82) is 0 Å². The maximum absolute atomic E-state index is 12.6. The van der Waals surface area contributed by atoms with Crippen molar-refractivity contribution >= 4 is 16.8 Å². The largest absolute Gasteiger partial charge is 0.354 e. The van der Waals surface area contributed by atoms with Crippen molar-refractivity contribution in [1.82, 2.24) is 19.8 Å². The molecule has 3 aromatic rings.